The first-order chi connectivity index (χ1) is 13.2. The molecule has 0 aliphatic heterocycles. The Labute approximate surface area is 169 Å². The molecule has 6 nitrogen and oxygen atoms in total. The van der Waals surface area contributed by atoms with Crippen LogP contribution in [0.5, 0.6) is 5.75 Å². The monoisotopic (exact) mass is 430 g/mol. The molecule has 0 radical (unpaired) electrons. The Bertz CT molecular complexity index is 876. The lowest BCUT2D eigenvalue weighted by molar-refractivity contribution is -0.148. The summed E-state index contributed by atoms with van der Waals surface area (Å²) in [6, 6.07) is 7.02. The van der Waals surface area contributed by atoms with E-state index in [-0.39, 0.29) is 16.6 Å². The lowest BCUT2D eigenvalue weighted by atomic mass is 10.2. The van der Waals surface area contributed by atoms with E-state index in [1.165, 1.54) is 49.5 Å². The lowest BCUT2D eigenvalue weighted by Gasteiger charge is -2.12. The molecule has 1 atom stereocenters. The molecule has 0 spiro atoms. The third-order valence-electron chi connectivity index (χ3n) is 3.23. The summed E-state index contributed by atoms with van der Waals surface area (Å²) in [4.78, 5) is 27.8. The van der Waals surface area contributed by atoms with Gasteiger partial charge in [0.25, 0.3) is 5.91 Å². The second-order valence-corrected chi connectivity index (χ2v) is 6.18. The largest absolute Gasteiger partial charge is 0.449 e. The Morgan fingerprint density at radius 2 is 1.89 bits per heavy atom. The number of halogens is 4. The van der Waals surface area contributed by atoms with Crippen LogP contribution >= 0.6 is 23.2 Å². The predicted octanol–water partition coefficient (Wildman–Crippen LogP) is 4.57. The van der Waals surface area contributed by atoms with Gasteiger partial charge in [-0.1, -0.05) is 35.3 Å². The highest BCUT2D eigenvalue weighted by atomic mass is 35.5. The Morgan fingerprint density at radius 3 is 2.50 bits per heavy atom. The number of aromatic nitrogens is 1. The van der Waals surface area contributed by atoms with Crippen molar-refractivity contribution >= 4 is 47.0 Å². The van der Waals surface area contributed by atoms with Gasteiger partial charge in [-0.25, -0.2) is 9.78 Å². The van der Waals surface area contributed by atoms with Crippen molar-refractivity contribution in [3.05, 3.63) is 58.2 Å². The molecule has 0 aliphatic carbocycles. The maximum Gasteiger partial charge on any atom is 0.387 e. The van der Waals surface area contributed by atoms with Gasteiger partial charge in [-0.15, -0.1) is 0 Å². The zero-order valence-corrected chi connectivity index (χ0v) is 15.9. The zero-order valence-electron chi connectivity index (χ0n) is 14.4. The van der Waals surface area contributed by atoms with Crippen LogP contribution in [0, 0.1) is 0 Å². The number of carbonyl (C=O) groups excluding carboxylic acids is 2. The molecule has 1 heterocycles. The number of nitrogens with zero attached hydrogens (tertiary/aromatic N) is 1. The van der Waals surface area contributed by atoms with Crippen LogP contribution in [0.2, 0.25) is 10.0 Å². The summed E-state index contributed by atoms with van der Waals surface area (Å²) >= 11 is 11.6. The average Bonchev–Trinajstić information content (AvgIpc) is 2.63. The number of ether oxygens (including phenoxy) is 2. The van der Waals surface area contributed by atoms with Gasteiger partial charge in [-0.05, 0) is 36.8 Å². The highest BCUT2D eigenvalue weighted by Gasteiger charge is 2.18. The van der Waals surface area contributed by atoms with Crippen molar-refractivity contribution in [3.63, 3.8) is 0 Å². The van der Waals surface area contributed by atoms with Gasteiger partial charge in [0.1, 0.15) is 5.75 Å². The van der Waals surface area contributed by atoms with Gasteiger partial charge in [0.05, 0.1) is 10.0 Å². The van der Waals surface area contributed by atoms with Gasteiger partial charge < -0.3 is 14.8 Å². The van der Waals surface area contributed by atoms with Gasteiger partial charge in [0.2, 0.25) is 0 Å². The number of alkyl halides is 2. The van der Waals surface area contributed by atoms with Crippen molar-refractivity contribution in [1.82, 2.24) is 4.98 Å². The molecule has 1 amide bonds. The van der Waals surface area contributed by atoms with E-state index in [0.717, 1.165) is 6.08 Å². The number of esters is 1. The Kier molecular flexibility index (Phi) is 7.71. The fourth-order valence-electron chi connectivity index (χ4n) is 1.92. The maximum atomic E-state index is 12.1. The normalized spacial score (nSPS) is 12.1. The van der Waals surface area contributed by atoms with Crippen LogP contribution in [0.15, 0.2) is 42.6 Å². The van der Waals surface area contributed by atoms with Crippen molar-refractivity contribution < 1.29 is 27.8 Å². The number of benzene rings is 1. The minimum Gasteiger partial charge on any atom is -0.449 e. The SMILES string of the molecule is C[C@@H](OC(=O)/C=C/c1ccc(OC(F)F)cc1)C(=O)Nc1ncc(Cl)cc1Cl. The van der Waals surface area contributed by atoms with Crippen molar-refractivity contribution in [3.8, 4) is 5.75 Å². The summed E-state index contributed by atoms with van der Waals surface area (Å²) in [7, 11) is 0. The van der Waals surface area contributed by atoms with Gasteiger partial charge in [0.15, 0.2) is 11.9 Å². The zero-order chi connectivity index (χ0) is 20.7. The first kappa shape index (κ1) is 21.6. The molecule has 10 heteroatoms. The number of hydrogen-bond acceptors (Lipinski definition) is 5. The maximum absolute atomic E-state index is 12.1. The van der Waals surface area contributed by atoms with Gasteiger partial charge >= 0.3 is 12.6 Å². The number of carbonyl (C=O) groups is 2. The van der Waals surface area contributed by atoms with E-state index in [4.69, 9.17) is 27.9 Å². The molecule has 0 saturated heterocycles. The second-order valence-electron chi connectivity index (χ2n) is 5.33. The van der Waals surface area contributed by atoms with Crippen LogP contribution in [0.1, 0.15) is 12.5 Å². The molecule has 1 aromatic heterocycles. The third kappa shape index (κ3) is 6.79. The fourth-order valence-corrected chi connectivity index (χ4v) is 2.34. The summed E-state index contributed by atoms with van der Waals surface area (Å²) in [6.45, 7) is -1.54. The van der Waals surface area contributed by atoms with E-state index < -0.39 is 24.6 Å². The third-order valence-corrected chi connectivity index (χ3v) is 3.72. The Morgan fingerprint density at radius 1 is 1.21 bits per heavy atom. The lowest BCUT2D eigenvalue weighted by Crippen LogP contribution is -2.29. The average molecular weight is 431 g/mol. The summed E-state index contributed by atoms with van der Waals surface area (Å²) in [5.74, 6) is -1.33. The highest BCUT2D eigenvalue weighted by Crippen LogP contribution is 2.22. The number of amides is 1. The van der Waals surface area contributed by atoms with Crippen LogP contribution in [0.3, 0.4) is 0 Å². The van der Waals surface area contributed by atoms with Crippen molar-refractivity contribution in [2.24, 2.45) is 0 Å². The summed E-state index contributed by atoms with van der Waals surface area (Å²) < 4.78 is 33.4. The van der Waals surface area contributed by atoms with Gasteiger partial charge in [-0.2, -0.15) is 8.78 Å². The minimum absolute atomic E-state index is 0.00510. The molecule has 0 unspecified atom stereocenters. The quantitative estimate of drug-likeness (QED) is 0.513. The molecular formula is C18H14Cl2F2N2O4. The number of anilines is 1. The standard InChI is InChI=1S/C18H14Cl2F2N2O4/c1-10(17(26)24-16-14(20)8-12(19)9-23-16)27-15(25)7-4-11-2-5-13(6-3-11)28-18(21)22/h2-10,18H,1H3,(H,23,24,26)/b7-4+/t10-/m1/s1. The first-order valence-electron chi connectivity index (χ1n) is 7.80. The number of pyridine rings is 1. The van der Waals surface area contributed by atoms with Gasteiger partial charge in [-0.3, -0.25) is 4.79 Å². The highest BCUT2D eigenvalue weighted by molar-refractivity contribution is 6.36. The van der Waals surface area contributed by atoms with E-state index in [1.54, 1.807) is 0 Å². The molecule has 28 heavy (non-hydrogen) atoms. The van der Waals surface area contributed by atoms with Crippen molar-refractivity contribution in [2.45, 2.75) is 19.6 Å². The van der Waals surface area contributed by atoms with E-state index in [1.807, 2.05) is 0 Å². The predicted molar refractivity (Wildman–Crippen MR) is 101 cm³/mol. The Hall–Kier alpha value is -2.71. The Balaban J connectivity index is 1.88. The van der Waals surface area contributed by atoms with Crippen LogP contribution < -0.4 is 10.1 Å². The summed E-state index contributed by atoms with van der Waals surface area (Å²) in [6.07, 6.45) is 2.68. The van der Waals surface area contributed by atoms with Crippen molar-refractivity contribution in [2.75, 3.05) is 5.32 Å². The van der Waals surface area contributed by atoms with E-state index in [0.29, 0.717) is 10.6 Å². The molecule has 2 rings (SSSR count). The van der Waals surface area contributed by atoms with Crippen LogP contribution in [-0.2, 0) is 14.3 Å². The van der Waals surface area contributed by atoms with E-state index >= 15 is 0 Å². The van der Waals surface area contributed by atoms with E-state index in [2.05, 4.69) is 15.0 Å². The molecule has 2 aromatic rings. The number of hydrogen-bond donors (Lipinski definition) is 1. The fraction of sp³-hybridized carbons (Fsp3) is 0.167. The molecule has 148 valence electrons. The molecule has 1 N–H and O–H groups in total. The molecule has 0 fully saturated rings. The van der Waals surface area contributed by atoms with E-state index in [9.17, 15) is 18.4 Å². The van der Waals surface area contributed by atoms with Crippen LogP contribution in [0.4, 0.5) is 14.6 Å². The first-order valence-corrected chi connectivity index (χ1v) is 8.55. The number of nitrogens with one attached hydrogen (secondary N) is 1. The van der Waals surface area contributed by atoms with Crippen molar-refractivity contribution in [1.29, 1.82) is 0 Å². The molecule has 0 saturated carbocycles. The smallest absolute Gasteiger partial charge is 0.387 e. The molecule has 1 aromatic carbocycles. The number of rotatable bonds is 7. The second kappa shape index (κ2) is 10.0. The van der Waals surface area contributed by atoms with Crippen LogP contribution in [-0.4, -0.2) is 29.6 Å². The summed E-state index contributed by atoms with van der Waals surface area (Å²) in [5.41, 5.74) is 0.549. The summed E-state index contributed by atoms with van der Waals surface area (Å²) in [5, 5.41) is 2.87. The van der Waals surface area contributed by atoms with Crippen LogP contribution in [0.25, 0.3) is 6.08 Å². The topological polar surface area (TPSA) is 77.5 Å². The molecule has 0 bridgehead atoms. The van der Waals surface area contributed by atoms with Gasteiger partial charge in [0, 0.05) is 12.3 Å². The molecular weight excluding hydrogens is 417 g/mol. The molecule has 0 aliphatic rings. The minimum atomic E-state index is -2.91.